The number of benzene rings is 2. The Balaban J connectivity index is 1.19. The number of nitrogens with one attached hydrogen (secondary N) is 1. The number of hydrogen-bond acceptors (Lipinski definition) is 10. The number of nitrogens with zero attached hydrogens (tertiary/aromatic N) is 3. The van der Waals surface area contributed by atoms with Gasteiger partial charge < -0.3 is 29.1 Å². The fraction of sp³-hybridized carbons (Fsp3) is 0.667. The van der Waals surface area contributed by atoms with E-state index in [1.165, 1.54) is 11.1 Å². The predicted molar refractivity (Wildman–Crippen MR) is 216 cm³/mol. The van der Waals surface area contributed by atoms with E-state index in [9.17, 15) is 23.1 Å². The van der Waals surface area contributed by atoms with E-state index < -0.39 is 26.8 Å². The zero-order chi connectivity index (χ0) is 39.7. The fourth-order valence-electron chi connectivity index (χ4n) is 9.90. The van der Waals surface area contributed by atoms with Crippen molar-refractivity contribution in [1.82, 2.24) is 14.5 Å². The predicted octanol–water partition coefficient (Wildman–Crippen LogP) is 4.65. The first-order valence-corrected chi connectivity index (χ1v) is 22.4. The largest absolute Gasteiger partial charge is 0.490 e. The summed E-state index contributed by atoms with van der Waals surface area (Å²) < 4.78 is 46.9. The summed E-state index contributed by atoms with van der Waals surface area (Å²) in [6.07, 6.45) is 6.33. The lowest BCUT2D eigenvalue weighted by molar-refractivity contribution is -0.142. The number of aliphatic hydroxyl groups is 1. The van der Waals surface area contributed by atoms with E-state index in [1.807, 2.05) is 17.9 Å². The number of sulfonamides is 1. The Labute approximate surface area is 337 Å². The minimum Gasteiger partial charge on any atom is -0.490 e. The lowest BCUT2D eigenvalue weighted by atomic mass is 9.62. The number of hydrogen-bond donors (Lipinski definition) is 2. The van der Waals surface area contributed by atoms with E-state index in [4.69, 9.17) is 25.8 Å². The molecule has 308 valence electrons. The molecule has 0 aromatic heterocycles. The Kier molecular flexibility index (Phi) is 12.6. The summed E-state index contributed by atoms with van der Waals surface area (Å²) in [4.78, 5) is 33.2. The molecule has 2 amide bonds. The zero-order valence-corrected chi connectivity index (χ0v) is 34.7. The lowest BCUT2D eigenvalue weighted by Gasteiger charge is -2.52. The number of rotatable bonds is 8. The molecule has 14 heteroatoms. The van der Waals surface area contributed by atoms with E-state index >= 15 is 0 Å². The maximum absolute atomic E-state index is 13.6. The van der Waals surface area contributed by atoms with Crippen LogP contribution in [0.2, 0.25) is 5.02 Å². The van der Waals surface area contributed by atoms with Gasteiger partial charge in [0, 0.05) is 62.4 Å². The molecule has 1 spiro atoms. The second kappa shape index (κ2) is 17.1. The fourth-order valence-corrected chi connectivity index (χ4v) is 11.4. The maximum Gasteiger partial charge on any atom is 0.264 e. The van der Waals surface area contributed by atoms with E-state index in [-0.39, 0.29) is 41.2 Å². The molecule has 1 saturated heterocycles. The number of fused-ring (bicyclic) bond motifs is 4. The van der Waals surface area contributed by atoms with E-state index in [0.717, 1.165) is 37.8 Å². The van der Waals surface area contributed by atoms with Gasteiger partial charge in [-0.1, -0.05) is 31.0 Å². The summed E-state index contributed by atoms with van der Waals surface area (Å²) in [6.45, 7) is 9.06. The van der Waals surface area contributed by atoms with Crippen LogP contribution in [0.4, 0.5) is 5.69 Å². The SMILES string of the molecule is COCCOCCN1CCN(C[C@@]2(O)CCC[C@H](C)[C@@H](C)S(=O)(=O)NC(=O)c3ccc4c(c3)N(C[C@@H]3CC[C@H]32)C[C@@]2(CCCc3cc(Cl)ccc32)CO4)CC1=O. The van der Waals surface area contributed by atoms with Gasteiger partial charge in [0.15, 0.2) is 0 Å². The molecule has 2 aromatic carbocycles. The Hall–Kier alpha value is -2.94. The molecule has 3 heterocycles. The number of carbonyl (C=O) groups excluding carboxylic acids is 2. The first kappa shape index (κ1) is 41.2. The standard InChI is InChI=1S/C42H59ClN4O8S/c1-29-6-4-15-42(50,27-45-16-17-46(39(48)25-45)18-19-54-21-20-53-3)36-11-8-33(36)24-47-26-41(14-5-7-31-22-34(43)10-12-35(31)41)28-55-38-13-9-32(23-37(38)47)40(49)44-56(51,52)30(29)2/h9-10,12-13,22-23,29-30,33,36,50H,4-8,11,14-21,24-28H2,1-3H3,(H,44,49)/t29-,30+,33-,36+,41-,42-/m0/s1. The molecule has 7 rings (SSSR count). The van der Waals surface area contributed by atoms with Gasteiger partial charge in [0.2, 0.25) is 15.9 Å². The Morgan fingerprint density at radius 2 is 1.86 bits per heavy atom. The van der Waals surface area contributed by atoms with Crippen LogP contribution in [0.25, 0.3) is 0 Å². The quantitative estimate of drug-likeness (QED) is 0.363. The third-order valence-electron chi connectivity index (χ3n) is 13.5. The summed E-state index contributed by atoms with van der Waals surface area (Å²) >= 11 is 6.48. The number of β-amino-alcohol motifs (C(OH)–C–C–N with tert-alkyl or cyclic N) is 1. The van der Waals surface area contributed by atoms with E-state index in [0.29, 0.717) is 95.7 Å². The van der Waals surface area contributed by atoms with Crippen LogP contribution in [0.1, 0.15) is 80.3 Å². The highest BCUT2D eigenvalue weighted by atomic mass is 35.5. The Morgan fingerprint density at radius 1 is 1.02 bits per heavy atom. The van der Waals surface area contributed by atoms with Crippen molar-refractivity contribution in [1.29, 1.82) is 0 Å². The molecule has 2 N–H and O–H groups in total. The van der Waals surface area contributed by atoms with Gasteiger partial charge in [-0.05, 0) is 111 Å². The average Bonchev–Trinajstić information content (AvgIpc) is 3.29. The highest BCUT2D eigenvalue weighted by Crippen LogP contribution is 2.49. The van der Waals surface area contributed by atoms with Crippen molar-refractivity contribution in [2.45, 2.75) is 81.5 Å². The summed E-state index contributed by atoms with van der Waals surface area (Å²) in [5.41, 5.74) is 2.05. The average molecular weight is 815 g/mol. The summed E-state index contributed by atoms with van der Waals surface area (Å²) in [6, 6.07) is 11.4. The van der Waals surface area contributed by atoms with Crippen LogP contribution in [0.5, 0.6) is 5.75 Å². The number of piperazine rings is 1. The van der Waals surface area contributed by atoms with Gasteiger partial charge in [0.25, 0.3) is 5.91 Å². The molecule has 2 aromatic rings. The van der Waals surface area contributed by atoms with Crippen LogP contribution < -0.4 is 14.4 Å². The molecule has 5 aliphatic rings. The molecular weight excluding hydrogens is 756 g/mol. The van der Waals surface area contributed by atoms with Gasteiger partial charge in [-0.15, -0.1) is 0 Å². The van der Waals surface area contributed by atoms with Gasteiger partial charge in [-0.2, -0.15) is 0 Å². The number of amides is 2. The number of methoxy groups -OCH3 is 1. The van der Waals surface area contributed by atoms with Crippen molar-refractivity contribution < 1.29 is 37.3 Å². The van der Waals surface area contributed by atoms with Crippen molar-refractivity contribution in [2.75, 3.05) is 84.3 Å². The van der Waals surface area contributed by atoms with E-state index in [2.05, 4.69) is 26.7 Å². The first-order chi connectivity index (χ1) is 26.8. The molecule has 2 aliphatic carbocycles. The van der Waals surface area contributed by atoms with Crippen LogP contribution >= 0.6 is 11.6 Å². The highest BCUT2D eigenvalue weighted by Gasteiger charge is 2.50. The van der Waals surface area contributed by atoms with Crippen LogP contribution in [0.15, 0.2) is 36.4 Å². The highest BCUT2D eigenvalue weighted by molar-refractivity contribution is 7.90. The van der Waals surface area contributed by atoms with Crippen LogP contribution in [-0.4, -0.2) is 125 Å². The third-order valence-corrected chi connectivity index (χ3v) is 15.6. The molecule has 0 unspecified atom stereocenters. The minimum absolute atomic E-state index is 0.0262. The maximum atomic E-state index is 13.6. The number of aryl methyl sites for hydroxylation is 1. The molecule has 0 radical (unpaired) electrons. The topological polar surface area (TPSA) is 138 Å². The van der Waals surface area contributed by atoms with Gasteiger partial charge in [-0.3, -0.25) is 14.5 Å². The Morgan fingerprint density at radius 3 is 2.62 bits per heavy atom. The smallest absolute Gasteiger partial charge is 0.264 e. The first-order valence-electron chi connectivity index (χ1n) is 20.5. The van der Waals surface area contributed by atoms with Gasteiger partial charge in [0.05, 0.1) is 49.5 Å². The lowest BCUT2D eigenvalue weighted by Crippen LogP contribution is -2.60. The van der Waals surface area contributed by atoms with Crippen LogP contribution in [0, 0.1) is 17.8 Å². The molecule has 3 aliphatic heterocycles. The van der Waals surface area contributed by atoms with E-state index in [1.54, 1.807) is 32.2 Å². The van der Waals surface area contributed by atoms with Crippen molar-refractivity contribution in [3.63, 3.8) is 0 Å². The molecule has 12 nitrogen and oxygen atoms in total. The van der Waals surface area contributed by atoms with Gasteiger partial charge in [-0.25, -0.2) is 13.1 Å². The second-order valence-electron chi connectivity index (χ2n) is 17.1. The summed E-state index contributed by atoms with van der Waals surface area (Å²) in [7, 11) is -2.37. The molecular formula is C42H59ClN4O8S. The van der Waals surface area contributed by atoms with Crippen molar-refractivity contribution in [2.24, 2.45) is 17.8 Å². The third kappa shape index (κ3) is 8.73. The normalized spacial score (nSPS) is 31.1. The molecule has 56 heavy (non-hydrogen) atoms. The molecule has 6 atom stereocenters. The van der Waals surface area contributed by atoms with Gasteiger partial charge >= 0.3 is 0 Å². The van der Waals surface area contributed by atoms with Crippen molar-refractivity contribution >= 4 is 39.1 Å². The molecule has 2 fully saturated rings. The number of halogens is 1. The molecule has 1 saturated carbocycles. The van der Waals surface area contributed by atoms with Crippen molar-refractivity contribution in [3.8, 4) is 5.75 Å². The van der Waals surface area contributed by atoms with Crippen LogP contribution in [-0.2, 0) is 36.1 Å². The zero-order valence-electron chi connectivity index (χ0n) is 33.1. The van der Waals surface area contributed by atoms with Gasteiger partial charge in [0.1, 0.15) is 5.75 Å². The minimum atomic E-state index is -4.00. The summed E-state index contributed by atoms with van der Waals surface area (Å²) in [5.74, 6) is -0.107. The Bertz CT molecular complexity index is 1870. The van der Waals surface area contributed by atoms with Crippen molar-refractivity contribution in [3.05, 3.63) is 58.1 Å². The number of carbonyl (C=O) groups is 2. The second-order valence-corrected chi connectivity index (χ2v) is 19.6. The van der Waals surface area contributed by atoms with Crippen LogP contribution in [0.3, 0.4) is 0 Å². The number of anilines is 1. The number of ether oxygens (including phenoxy) is 3. The monoisotopic (exact) mass is 814 g/mol. The summed E-state index contributed by atoms with van der Waals surface area (Å²) in [5, 5.41) is 12.8. The molecule has 2 bridgehead atoms.